The van der Waals surface area contributed by atoms with Gasteiger partial charge in [0.05, 0.1) is 6.61 Å². The van der Waals surface area contributed by atoms with Gasteiger partial charge in [-0.15, -0.1) is 0 Å². The van der Waals surface area contributed by atoms with Gasteiger partial charge in [0.15, 0.2) is 8.24 Å². The standard InChI is InChI=1S/C9H21NO3Si/c1-5-13-9(12)10(7-6-8-11)14(2,3)4/h11H,5-8H2,1-4H3. The van der Waals surface area contributed by atoms with Crippen LogP contribution in [0.3, 0.4) is 0 Å². The zero-order valence-electron chi connectivity index (χ0n) is 9.54. The molecular formula is C9H21NO3Si. The molecule has 0 aromatic heterocycles. The fraction of sp³-hybridized carbons (Fsp3) is 0.889. The van der Waals surface area contributed by atoms with Crippen molar-refractivity contribution >= 4 is 14.3 Å². The van der Waals surface area contributed by atoms with E-state index in [1.165, 1.54) is 0 Å². The molecule has 1 N–H and O–H groups in total. The number of hydrogen-bond donors (Lipinski definition) is 1. The molecule has 0 radical (unpaired) electrons. The summed E-state index contributed by atoms with van der Waals surface area (Å²) in [6.45, 7) is 9.15. The minimum absolute atomic E-state index is 0.111. The summed E-state index contributed by atoms with van der Waals surface area (Å²) in [6, 6.07) is 0. The molecule has 4 nitrogen and oxygen atoms in total. The van der Waals surface area contributed by atoms with E-state index in [-0.39, 0.29) is 12.7 Å². The van der Waals surface area contributed by atoms with Crippen molar-refractivity contribution in [1.82, 2.24) is 4.57 Å². The Morgan fingerprint density at radius 2 is 2.00 bits per heavy atom. The van der Waals surface area contributed by atoms with Gasteiger partial charge in [0.1, 0.15) is 0 Å². The lowest BCUT2D eigenvalue weighted by atomic mass is 10.4. The highest BCUT2D eigenvalue weighted by molar-refractivity contribution is 6.75. The zero-order chi connectivity index (χ0) is 11.2. The molecule has 0 atom stereocenters. The van der Waals surface area contributed by atoms with Gasteiger partial charge in [-0.3, -0.25) is 0 Å². The number of hydrogen-bond acceptors (Lipinski definition) is 3. The van der Waals surface area contributed by atoms with Crippen LogP contribution in [0.2, 0.25) is 19.6 Å². The van der Waals surface area contributed by atoms with Crippen molar-refractivity contribution < 1.29 is 14.6 Å². The molecule has 0 saturated heterocycles. The largest absolute Gasteiger partial charge is 0.450 e. The Morgan fingerprint density at radius 1 is 1.43 bits per heavy atom. The molecule has 0 heterocycles. The van der Waals surface area contributed by atoms with Gasteiger partial charge in [0.2, 0.25) is 0 Å². The van der Waals surface area contributed by atoms with Crippen LogP contribution < -0.4 is 0 Å². The summed E-state index contributed by atoms with van der Waals surface area (Å²) in [6.07, 6.45) is 0.364. The minimum Gasteiger partial charge on any atom is -0.450 e. The SMILES string of the molecule is CCOC(=O)N(CCCO)[Si](C)(C)C. The summed E-state index contributed by atoms with van der Waals surface area (Å²) in [5.74, 6) is 0. The van der Waals surface area contributed by atoms with E-state index in [4.69, 9.17) is 9.84 Å². The third-order valence-corrected chi connectivity index (χ3v) is 3.86. The van der Waals surface area contributed by atoms with Crippen molar-refractivity contribution in [3.8, 4) is 0 Å². The van der Waals surface area contributed by atoms with E-state index in [0.717, 1.165) is 0 Å². The van der Waals surface area contributed by atoms with E-state index in [2.05, 4.69) is 19.6 Å². The molecule has 0 fully saturated rings. The summed E-state index contributed by atoms with van der Waals surface area (Å²) in [5, 5.41) is 8.73. The topological polar surface area (TPSA) is 49.8 Å². The van der Waals surface area contributed by atoms with Crippen LogP contribution in [0.4, 0.5) is 4.79 Å². The number of ether oxygens (including phenoxy) is 1. The van der Waals surface area contributed by atoms with E-state index in [1.54, 1.807) is 11.5 Å². The Balaban J connectivity index is 4.31. The van der Waals surface area contributed by atoms with Crippen LogP contribution >= 0.6 is 0 Å². The Kier molecular flexibility index (Phi) is 5.79. The Hall–Kier alpha value is -0.553. The summed E-state index contributed by atoms with van der Waals surface area (Å²) in [4.78, 5) is 11.6. The maximum atomic E-state index is 11.6. The molecule has 1 amide bonds. The van der Waals surface area contributed by atoms with Gasteiger partial charge in [-0.1, -0.05) is 19.6 Å². The number of carbonyl (C=O) groups is 1. The van der Waals surface area contributed by atoms with Crippen LogP contribution in [0, 0.1) is 0 Å². The fourth-order valence-corrected chi connectivity index (χ4v) is 2.57. The van der Waals surface area contributed by atoms with Crippen molar-refractivity contribution in [3.05, 3.63) is 0 Å². The second-order valence-corrected chi connectivity index (χ2v) is 8.98. The normalized spacial score (nSPS) is 11.2. The van der Waals surface area contributed by atoms with Gasteiger partial charge in [-0.25, -0.2) is 4.79 Å². The van der Waals surface area contributed by atoms with Gasteiger partial charge in [0, 0.05) is 13.2 Å². The molecule has 0 aromatic carbocycles. The third-order valence-electron chi connectivity index (χ3n) is 1.84. The van der Waals surface area contributed by atoms with Gasteiger partial charge in [-0.2, -0.15) is 0 Å². The molecule has 0 rings (SSSR count). The molecule has 0 saturated carbocycles. The number of nitrogens with zero attached hydrogens (tertiary/aromatic N) is 1. The maximum absolute atomic E-state index is 11.6. The summed E-state index contributed by atoms with van der Waals surface area (Å²) < 4.78 is 6.74. The molecule has 0 aliphatic carbocycles. The molecule has 0 aliphatic rings. The second kappa shape index (κ2) is 6.03. The van der Waals surface area contributed by atoms with E-state index in [9.17, 15) is 4.79 Å². The molecule has 84 valence electrons. The molecular weight excluding hydrogens is 198 g/mol. The number of aliphatic hydroxyl groups is 1. The molecule has 0 spiro atoms. The van der Waals surface area contributed by atoms with Gasteiger partial charge < -0.3 is 14.4 Å². The molecule has 0 aliphatic heterocycles. The highest BCUT2D eigenvalue weighted by Crippen LogP contribution is 2.11. The highest BCUT2D eigenvalue weighted by Gasteiger charge is 2.28. The molecule has 14 heavy (non-hydrogen) atoms. The number of carbonyl (C=O) groups excluding carboxylic acids is 1. The predicted molar refractivity (Wildman–Crippen MR) is 58.8 cm³/mol. The number of amides is 1. The first-order valence-corrected chi connectivity index (χ1v) is 8.43. The Labute approximate surface area is 86.9 Å². The molecule has 0 aromatic rings. The van der Waals surface area contributed by atoms with Crippen LogP contribution in [0.15, 0.2) is 0 Å². The van der Waals surface area contributed by atoms with Gasteiger partial charge in [0.25, 0.3) is 0 Å². The number of rotatable bonds is 5. The first-order chi connectivity index (χ1) is 6.43. The van der Waals surface area contributed by atoms with E-state index < -0.39 is 8.24 Å². The molecule has 5 heteroatoms. The van der Waals surface area contributed by atoms with Crippen LogP contribution in [0.5, 0.6) is 0 Å². The van der Waals surface area contributed by atoms with Crippen molar-refractivity contribution in [2.24, 2.45) is 0 Å². The van der Waals surface area contributed by atoms with E-state index in [1.807, 2.05) is 0 Å². The third kappa shape index (κ3) is 4.62. The van der Waals surface area contributed by atoms with Crippen molar-refractivity contribution in [2.75, 3.05) is 19.8 Å². The van der Waals surface area contributed by atoms with Crippen LogP contribution in [0.1, 0.15) is 13.3 Å². The summed E-state index contributed by atoms with van der Waals surface area (Å²) in [7, 11) is -1.68. The van der Waals surface area contributed by atoms with Crippen LogP contribution in [-0.2, 0) is 4.74 Å². The average Bonchev–Trinajstić information content (AvgIpc) is 2.03. The van der Waals surface area contributed by atoms with Crippen molar-refractivity contribution in [2.45, 2.75) is 33.0 Å². The highest BCUT2D eigenvalue weighted by atomic mass is 28.3. The smallest absolute Gasteiger partial charge is 0.401 e. The van der Waals surface area contributed by atoms with Gasteiger partial charge >= 0.3 is 6.09 Å². The average molecular weight is 219 g/mol. The lowest BCUT2D eigenvalue weighted by Gasteiger charge is -2.32. The van der Waals surface area contributed by atoms with Crippen molar-refractivity contribution in [1.29, 1.82) is 0 Å². The Bertz CT molecular complexity index is 179. The van der Waals surface area contributed by atoms with Gasteiger partial charge in [-0.05, 0) is 13.3 Å². The second-order valence-electron chi connectivity index (χ2n) is 4.10. The monoisotopic (exact) mass is 219 g/mol. The fourth-order valence-electron chi connectivity index (χ4n) is 1.13. The van der Waals surface area contributed by atoms with Crippen molar-refractivity contribution in [3.63, 3.8) is 0 Å². The molecule has 0 unspecified atom stereocenters. The van der Waals surface area contributed by atoms with Crippen LogP contribution in [0.25, 0.3) is 0 Å². The summed E-state index contributed by atoms with van der Waals surface area (Å²) >= 11 is 0. The lowest BCUT2D eigenvalue weighted by molar-refractivity contribution is 0.126. The first-order valence-electron chi connectivity index (χ1n) is 4.98. The van der Waals surface area contributed by atoms with Crippen LogP contribution in [-0.4, -0.2) is 43.8 Å². The first kappa shape index (κ1) is 13.4. The number of aliphatic hydroxyl groups excluding tert-OH is 1. The maximum Gasteiger partial charge on any atom is 0.401 e. The molecule has 0 bridgehead atoms. The quantitative estimate of drug-likeness (QED) is 0.715. The zero-order valence-corrected chi connectivity index (χ0v) is 10.5. The lowest BCUT2D eigenvalue weighted by Crippen LogP contribution is -2.50. The minimum atomic E-state index is -1.68. The van der Waals surface area contributed by atoms with E-state index >= 15 is 0 Å². The summed E-state index contributed by atoms with van der Waals surface area (Å²) in [5.41, 5.74) is 0. The van der Waals surface area contributed by atoms with E-state index in [0.29, 0.717) is 19.6 Å². The Morgan fingerprint density at radius 3 is 2.36 bits per heavy atom. The predicted octanol–water partition coefficient (Wildman–Crippen LogP) is 1.66.